The van der Waals surface area contributed by atoms with Crippen LogP contribution in [0.2, 0.25) is 5.02 Å². The Bertz CT molecular complexity index is 1050. The number of halogens is 1. The number of allylic oxidation sites excluding steroid dienone is 2. The first-order valence-corrected chi connectivity index (χ1v) is 11.5. The van der Waals surface area contributed by atoms with Crippen molar-refractivity contribution in [3.63, 3.8) is 0 Å². The summed E-state index contributed by atoms with van der Waals surface area (Å²) < 4.78 is 23.1. The minimum Gasteiger partial charge on any atom is -0.466 e. The van der Waals surface area contributed by atoms with Gasteiger partial charge < -0.3 is 18.9 Å². The van der Waals surface area contributed by atoms with E-state index in [1.807, 2.05) is 6.26 Å². The summed E-state index contributed by atoms with van der Waals surface area (Å²) in [6, 6.07) is 6.89. The van der Waals surface area contributed by atoms with E-state index in [0.717, 1.165) is 16.0 Å². The first-order chi connectivity index (χ1) is 15.0. The minimum atomic E-state index is -1.48. The highest BCUT2D eigenvalue weighted by molar-refractivity contribution is 8.24. The summed E-state index contributed by atoms with van der Waals surface area (Å²) in [6.45, 7) is 0. The lowest BCUT2D eigenvalue weighted by Crippen LogP contribution is -2.39. The van der Waals surface area contributed by atoms with Crippen molar-refractivity contribution in [2.75, 3.05) is 20.5 Å². The number of ether oxygens (including phenoxy) is 4. The minimum absolute atomic E-state index is 0.0241. The molecule has 0 spiro atoms. The second-order valence-corrected chi connectivity index (χ2v) is 8.99. The van der Waals surface area contributed by atoms with E-state index in [2.05, 4.69) is 0 Å². The fourth-order valence-electron chi connectivity index (χ4n) is 3.61. The van der Waals surface area contributed by atoms with E-state index >= 15 is 0 Å². The van der Waals surface area contributed by atoms with E-state index in [1.54, 1.807) is 47.5 Å². The van der Waals surface area contributed by atoms with Gasteiger partial charge >= 0.3 is 11.9 Å². The Morgan fingerprint density at radius 2 is 1.87 bits per heavy atom. The normalized spacial score (nSPS) is 24.4. The zero-order valence-corrected chi connectivity index (χ0v) is 19.2. The molecule has 31 heavy (non-hydrogen) atoms. The Hall–Kier alpha value is -2.33. The molecule has 2 atom stereocenters. The van der Waals surface area contributed by atoms with Crippen molar-refractivity contribution in [2.24, 2.45) is 0 Å². The lowest BCUT2D eigenvalue weighted by Gasteiger charge is -2.36. The van der Waals surface area contributed by atoms with Gasteiger partial charge in [-0.3, -0.25) is 4.90 Å². The lowest BCUT2D eigenvalue weighted by molar-refractivity contribution is -0.170. The highest BCUT2D eigenvalue weighted by Gasteiger charge is 2.61. The summed E-state index contributed by atoms with van der Waals surface area (Å²) in [5.41, 5.74) is -0.221. The van der Waals surface area contributed by atoms with Gasteiger partial charge in [-0.25, -0.2) is 9.59 Å². The Labute approximate surface area is 192 Å². The Morgan fingerprint density at radius 3 is 2.52 bits per heavy atom. The number of benzene rings is 1. The molecule has 162 valence electrons. The molecule has 1 aromatic rings. The number of carbonyl (C=O) groups excluding carboxylic acids is 2. The summed E-state index contributed by atoms with van der Waals surface area (Å²) in [6.07, 6.45) is 7.85. The van der Waals surface area contributed by atoms with Gasteiger partial charge in [-0.05, 0) is 36.1 Å². The maximum atomic E-state index is 13.1. The Morgan fingerprint density at radius 1 is 1.16 bits per heavy atom. The average Bonchev–Trinajstić information content (AvgIpc) is 2.95. The summed E-state index contributed by atoms with van der Waals surface area (Å²) in [5.74, 6) is -1.37. The highest BCUT2D eigenvalue weighted by Crippen LogP contribution is 2.60. The first kappa shape index (κ1) is 21.9. The molecular formula is C21H18ClNO6S2. The largest absolute Gasteiger partial charge is 0.466 e. The summed E-state index contributed by atoms with van der Waals surface area (Å²) in [4.78, 5) is 27.8. The van der Waals surface area contributed by atoms with Crippen molar-refractivity contribution in [3.8, 4) is 0 Å². The molecule has 0 bridgehead atoms. The molecule has 7 nitrogen and oxygen atoms in total. The standard InChI is InChI=1S/C21H18ClNO6S2/c1-26-17(24)14-15(18(25)27-2)31-19(30-3)16-21(14,12-6-8-13(22)9-7-12)29-20-23(16)10-4-5-11-28-20/h4-11,20H,1-3H3/t20-,21+/m1/s1. The number of thioether (sulfide) groups is 2. The van der Waals surface area contributed by atoms with Crippen LogP contribution < -0.4 is 0 Å². The summed E-state index contributed by atoms with van der Waals surface area (Å²) in [5, 5.41) is 0.518. The van der Waals surface area contributed by atoms with Crippen LogP contribution in [0.4, 0.5) is 0 Å². The molecule has 3 aliphatic rings. The van der Waals surface area contributed by atoms with Crippen LogP contribution in [0.3, 0.4) is 0 Å². The monoisotopic (exact) mass is 479 g/mol. The lowest BCUT2D eigenvalue weighted by atomic mass is 9.82. The predicted octanol–water partition coefficient (Wildman–Crippen LogP) is 4.09. The van der Waals surface area contributed by atoms with E-state index in [4.69, 9.17) is 30.5 Å². The third-order valence-electron chi connectivity index (χ3n) is 4.89. The number of hydrogen-bond acceptors (Lipinski definition) is 9. The van der Waals surface area contributed by atoms with Crippen molar-refractivity contribution in [2.45, 2.75) is 12.0 Å². The quantitative estimate of drug-likeness (QED) is 0.593. The molecule has 0 saturated carbocycles. The van der Waals surface area contributed by atoms with Gasteiger partial charge in [-0.1, -0.05) is 35.5 Å². The van der Waals surface area contributed by atoms with Crippen molar-refractivity contribution in [1.82, 2.24) is 4.90 Å². The van der Waals surface area contributed by atoms with Crippen molar-refractivity contribution >= 4 is 47.1 Å². The van der Waals surface area contributed by atoms with Gasteiger partial charge in [0, 0.05) is 11.2 Å². The number of hydrogen-bond donors (Lipinski definition) is 0. The first-order valence-electron chi connectivity index (χ1n) is 9.07. The Balaban J connectivity index is 2.08. The van der Waals surface area contributed by atoms with Gasteiger partial charge in [0.25, 0.3) is 6.41 Å². The smallest absolute Gasteiger partial charge is 0.345 e. The van der Waals surface area contributed by atoms with Crippen molar-refractivity contribution in [1.29, 1.82) is 0 Å². The van der Waals surface area contributed by atoms with Crippen LogP contribution in [0.25, 0.3) is 0 Å². The maximum absolute atomic E-state index is 13.1. The molecule has 3 heterocycles. The van der Waals surface area contributed by atoms with Crippen LogP contribution in [0.1, 0.15) is 5.56 Å². The highest BCUT2D eigenvalue weighted by atomic mass is 35.5. The van der Waals surface area contributed by atoms with E-state index in [1.165, 1.54) is 32.2 Å². The van der Waals surface area contributed by atoms with Crippen LogP contribution in [0, 0.1) is 0 Å². The molecule has 10 heteroatoms. The molecule has 0 radical (unpaired) electrons. The maximum Gasteiger partial charge on any atom is 0.345 e. The number of carbonyl (C=O) groups is 2. The third-order valence-corrected chi connectivity index (χ3v) is 7.41. The molecule has 1 aromatic carbocycles. The van der Waals surface area contributed by atoms with Crippen LogP contribution >= 0.6 is 35.1 Å². The molecule has 3 aliphatic heterocycles. The van der Waals surface area contributed by atoms with E-state index < -0.39 is 24.0 Å². The number of methoxy groups -OCH3 is 2. The molecular weight excluding hydrogens is 462 g/mol. The summed E-state index contributed by atoms with van der Waals surface area (Å²) in [7, 11) is 2.52. The predicted molar refractivity (Wildman–Crippen MR) is 118 cm³/mol. The van der Waals surface area contributed by atoms with Crippen LogP contribution in [-0.4, -0.2) is 43.7 Å². The topological polar surface area (TPSA) is 74.3 Å². The van der Waals surface area contributed by atoms with Crippen molar-refractivity contribution < 1.29 is 28.5 Å². The zero-order valence-electron chi connectivity index (χ0n) is 16.8. The SMILES string of the molecule is COC(=O)C1=C(C(=O)OC)[C@]2(c3ccc(Cl)cc3)O[C@H]3OC=CC=CN3C2=C(SC)S1. The second kappa shape index (κ2) is 8.66. The number of esters is 2. The average molecular weight is 480 g/mol. The molecule has 0 amide bonds. The van der Waals surface area contributed by atoms with Gasteiger partial charge in [0.15, 0.2) is 5.60 Å². The molecule has 0 aliphatic carbocycles. The van der Waals surface area contributed by atoms with Crippen LogP contribution in [0.5, 0.6) is 0 Å². The molecule has 0 aromatic heterocycles. The van der Waals surface area contributed by atoms with Gasteiger partial charge in [0.1, 0.15) is 10.5 Å². The fourth-order valence-corrected chi connectivity index (χ4v) is 5.79. The molecule has 1 saturated heterocycles. The molecule has 4 rings (SSSR count). The van der Waals surface area contributed by atoms with Crippen LogP contribution in [-0.2, 0) is 34.1 Å². The summed E-state index contributed by atoms with van der Waals surface area (Å²) >= 11 is 8.69. The van der Waals surface area contributed by atoms with E-state index in [0.29, 0.717) is 16.3 Å². The number of fused-ring (bicyclic) bond motifs is 3. The second-order valence-electron chi connectivity index (χ2n) is 6.46. The van der Waals surface area contributed by atoms with E-state index in [-0.39, 0.29) is 10.5 Å². The van der Waals surface area contributed by atoms with Gasteiger partial charge in [-0.2, -0.15) is 0 Å². The molecule has 0 N–H and O–H groups in total. The zero-order chi connectivity index (χ0) is 22.2. The molecule has 1 fully saturated rings. The van der Waals surface area contributed by atoms with Gasteiger partial charge in [0.2, 0.25) is 0 Å². The van der Waals surface area contributed by atoms with E-state index in [9.17, 15) is 9.59 Å². The third kappa shape index (κ3) is 3.45. The molecule has 0 unspecified atom stereocenters. The number of nitrogens with zero attached hydrogens (tertiary/aromatic N) is 1. The Kier molecular flexibility index (Phi) is 6.11. The fraction of sp³-hybridized carbons (Fsp3) is 0.238. The van der Waals surface area contributed by atoms with Gasteiger partial charge in [0.05, 0.1) is 30.4 Å². The van der Waals surface area contributed by atoms with Gasteiger partial charge in [-0.15, -0.1) is 11.8 Å². The van der Waals surface area contributed by atoms with Crippen LogP contribution in [0.15, 0.2) is 69.3 Å². The number of rotatable bonds is 4. The van der Waals surface area contributed by atoms with Crippen molar-refractivity contribution in [3.05, 3.63) is 79.9 Å².